The van der Waals surface area contributed by atoms with Crippen LogP contribution in [-0.4, -0.2) is 37.1 Å². The van der Waals surface area contributed by atoms with Crippen molar-refractivity contribution >= 4 is 0 Å². The molecule has 0 bridgehead atoms. The molecule has 2 atom stereocenters. The molecule has 0 radical (unpaired) electrons. The van der Waals surface area contributed by atoms with E-state index in [-0.39, 0.29) is 18.8 Å². The Morgan fingerprint density at radius 2 is 1.61 bits per heavy atom. The summed E-state index contributed by atoms with van der Waals surface area (Å²) in [6.07, 6.45) is 9.30. The SMILES string of the molecule is C=C[C@H](OCCCC)[C@@H](/C=C\CO)OCCCC. The lowest BCUT2D eigenvalue weighted by molar-refractivity contribution is -0.0304. The molecule has 0 aliphatic heterocycles. The molecule has 106 valence electrons. The van der Waals surface area contributed by atoms with Crippen molar-refractivity contribution in [1.82, 2.24) is 0 Å². The van der Waals surface area contributed by atoms with Crippen LogP contribution in [0.5, 0.6) is 0 Å². The molecule has 0 aliphatic rings. The summed E-state index contributed by atoms with van der Waals surface area (Å²) in [5.74, 6) is 0. The van der Waals surface area contributed by atoms with E-state index in [1.807, 2.05) is 6.08 Å². The highest BCUT2D eigenvalue weighted by molar-refractivity contribution is 5.00. The number of ether oxygens (including phenoxy) is 2. The molecule has 0 saturated heterocycles. The zero-order valence-corrected chi connectivity index (χ0v) is 11.8. The lowest BCUT2D eigenvalue weighted by Gasteiger charge is -2.22. The van der Waals surface area contributed by atoms with E-state index < -0.39 is 0 Å². The van der Waals surface area contributed by atoms with Gasteiger partial charge in [0.05, 0.1) is 6.61 Å². The minimum atomic E-state index is -0.155. The van der Waals surface area contributed by atoms with E-state index in [4.69, 9.17) is 14.6 Å². The van der Waals surface area contributed by atoms with E-state index in [1.54, 1.807) is 12.2 Å². The summed E-state index contributed by atoms with van der Waals surface area (Å²) in [5, 5.41) is 8.85. The molecule has 0 heterocycles. The molecular weight excluding hydrogens is 228 g/mol. The molecule has 3 heteroatoms. The Labute approximate surface area is 111 Å². The van der Waals surface area contributed by atoms with Crippen LogP contribution >= 0.6 is 0 Å². The van der Waals surface area contributed by atoms with Crippen molar-refractivity contribution in [3.8, 4) is 0 Å². The van der Waals surface area contributed by atoms with Crippen LogP contribution in [-0.2, 0) is 9.47 Å². The van der Waals surface area contributed by atoms with Crippen LogP contribution in [0.25, 0.3) is 0 Å². The molecule has 0 rings (SSSR count). The summed E-state index contributed by atoms with van der Waals surface area (Å²) in [6.45, 7) is 9.50. The predicted molar refractivity (Wildman–Crippen MR) is 75.7 cm³/mol. The average molecular weight is 256 g/mol. The normalized spacial score (nSPS) is 14.8. The van der Waals surface area contributed by atoms with Crippen LogP contribution in [0.15, 0.2) is 24.8 Å². The Hall–Kier alpha value is -0.640. The molecule has 0 aromatic carbocycles. The molecule has 0 amide bonds. The van der Waals surface area contributed by atoms with Crippen LogP contribution in [0.4, 0.5) is 0 Å². The first kappa shape index (κ1) is 17.4. The molecule has 0 unspecified atom stereocenters. The molecular formula is C15H28O3. The Morgan fingerprint density at radius 1 is 1.06 bits per heavy atom. The summed E-state index contributed by atoms with van der Waals surface area (Å²) in [7, 11) is 0. The Morgan fingerprint density at radius 3 is 2.06 bits per heavy atom. The zero-order chi connectivity index (χ0) is 13.6. The van der Waals surface area contributed by atoms with Crippen molar-refractivity contribution in [2.45, 2.75) is 51.7 Å². The van der Waals surface area contributed by atoms with Gasteiger partial charge in [-0.2, -0.15) is 0 Å². The third kappa shape index (κ3) is 8.45. The first-order chi connectivity index (χ1) is 8.79. The number of rotatable bonds is 12. The smallest absolute Gasteiger partial charge is 0.105 e. The van der Waals surface area contributed by atoms with E-state index in [0.29, 0.717) is 13.2 Å². The fourth-order valence-corrected chi connectivity index (χ4v) is 1.48. The third-order valence-electron chi connectivity index (χ3n) is 2.60. The van der Waals surface area contributed by atoms with Gasteiger partial charge in [0.1, 0.15) is 12.2 Å². The second kappa shape index (κ2) is 12.8. The van der Waals surface area contributed by atoms with Gasteiger partial charge in [0.25, 0.3) is 0 Å². The van der Waals surface area contributed by atoms with E-state index in [2.05, 4.69) is 20.4 Å². The highest BCUT2D eigenvalue weighted by Crippen LogP contribution is 2.10. The van der Waals surface area contributed by atoms with Gasteiger partial charge in [0, 0.05) is 13.2 Å². The number of unbranched alkanes of at least 4 members (excludes halogenated alkanes) is 2. The largest absolute Gasteiger partial charge is 0.392 e. The molecule has 1 N–H and O–H groups in total. The van der Waals surface area contributed by atoms with Crippen molar-refractivity contribution in [2.75, 3.05) is 19.8 Å². The lowest BCUT2D eigenvalue weighted by atomic mass is 10.1. The first-order valence-corrected chi connectivity index (χ1v) is 6.93. The summed E-state index contributed by atoms with van der Waals surface area (Å²) in [5.41, 5.74) is 0. The van der Waals surface area contributed by atoms with Crippen molar-refractivity contribution in [1.29, 1.82) is 0 Å². The summed E-state index contributed by atoms with van der Waals surface area (Å²) in [4.78, 5) is 0. The average Bonchev–Trinajstić information content (AvgIpc) is 2.39. The maximum atomic E-state index is 8.85. The van der Waals surface area contributed by atoms with Gasteiger partial charge in [-0.1, -0.05) is 44.9 Å². The molecule has 0 spiro atoms. The van der Waals surface area contributed by atoms with E-state index >= 15 is 0 Å². The molecule has 0 saturated carbocycles. The van der Waals surface area contributed by atoms with Crippen molar-refractivity contribution in [3.63, 3.8) is 0 Å². The van der Waals surface area contributed by atoms with Gasteiger partial charge < -0.3 is 14.6 Å². The quantitative estimate of drug-likeness (QED) is 0.431. The van der Waals surface area contributed by atoms with Crippen LogP contribution < -0.4 is 0 Å². The Bertz CT molecular complexity index is 214. The topological polar surface area (TPSA) is 38.7 Å². The van der Waals surface area contributed by atoms with Crippen molar-refractivity contribution < 1.29 is 14.6 Å². The molecule has 0 fully saturated rings. The maximum Gasteiger partial charge on any atom is 0.105 e. The molecule has 0 aliphatic carbocycles. The Kier molecular flexibility index (Phi) is 12.4. The fraction of sp³-hybridized carbons (Fsp3) is 0.733. The van der Waals surface area contributed by atoms with Gasteiger partial charge in [-0.25, -0.2) is 0 Å². The van der Waals surface area contributed by atoms with E-state index in [1.165, 1.54) is 0 Å². The van der Waals surface area contributed by atoms with Gasteiger partial charge in [-0.15, -0.1) is 6.58 Å². The Balaban J connectivity index is 4.27. The summed E-state index contributed by atoms with van der Waals surface area (Å²) in [6, 6.07) is 0. The second-order valence-electron chi connectivity index (χ2n) is 4.22. The summed E-state index contributed by atoms with van der Waals surface area (Å²) < 4.78 is 11.5. The summed E-state index contributed by atoms with van der Waals surface area (Å²) >= 11 is 0. The number of aliphatic hydroxyl groups is 1. The second-order valence-corrected chi connectivity index (χ2v) is 4.22. The van der Waals surface area contributed by atoms with Crippen LogP contribution in [0.1, 0.15) is 39.5 Å². The van der Waals surface area contributed by atoms with Crippen LogP contribution in [0.2, 0.25) is 0 Å². The first-order valence-electron chi connectivity index (χ1n) is 6.93. The van der Waals surface area contributed by atoms with Crippen LogP contribution in [0, 0.1) is 0 Å². The zero-order valence-electron chi connectivity index (χ0n) is 11.8. The molecule has 0 aromatic heterocycles. The van der Waals surface area contributed by atoms with Gasteiger partial charge >= 0.3 is 0 Å². The lowest BCUT2D eigenvalue weighted by Crippen LogP contribution is -2.29. The fourth-order valence-electron chi connectivity index (χ4n) is 1.48. The van der Waals surface area contributed by atoms with Gasteiger partial charge in [-0.3, -0.25) is 0 Å². The van der Waals surface area contributed by atoms with E-state index in [0.717, 1.165) is 25.7 Å². The number of aliphatic hydroxyl groups excluding tert-OH is 1. The highest BCUT2D eigenvalue weighted by Gasteiger charge is 2.16. The maximum absolute atomic E-state index is 8.85. The van der Waals surface area contributed by atoms with Crippen molar-refractivity contribution in [2.24, 2.45) is 0 Å². The van der Waals surface area contributed by atoms with E-state index in [9.17, 15) is 0 Å². The minimum Gasteiger partial charge on any atom is -0.392 e. The predicted octanol–water partition coefficient (Wildman–Crippen LogP) is 3.09. The van der Waals surface area contributed by atoms with Gasteiger partial charge in [0.15, 0.2) is 0 Å². The monoisotopic (exact) mass is 256 g/mol. The highest BCUT2D eigenvalue weighted by atomic mass is 16.5. The molecule has 18 heavy (non-hydrogen) atoms. The van der Waals surface area contributed by atoms with Gasteiger partial charge in [-0.05, 0) is 12.8 Å². The van der Waals surface area contributed by atoms with Gasteiger partial charge in [0.2, 0.25) is 0 Å². The molecule has 0 aromatic rings. The number of hydrogen-bond acceptors (Lipinski definition) is 3. The minimum absolute atomic E-state index is 0.0203. The molecule has 3 nitrogen and oxygen atoms in total. The third-order valence-corrected chi connectivity index (χ3v) is 2.60. The van der Waals surface area contributed by atoms with Crippen LogP contribution in [0.3, 0.4) is 0 Å². The standard InChI is InChI=1S/C15H28O3/c1-4-7-12-17-14(6-3)15(10-9-11-16)18-13-8-5-2/h6,9-10,14-16H,3-5,7-8,11-13H2,1-2H3/b10-9-/t14-,15+/m0/s1. The van der Waals surface area contributed by atoms with Crippen molar-refractivity contribution in [3.05, 3.63) is 24.8 Å². The number of hydrogen-bond donors (Lipinski definition) is 1.